The van der Waals surface area contributed by atoms with Gasteiger partial charge in [0.2, 0.25) is 6.29 Å². The fourth-order valence-electron chi connectivity index (χ4n) is 3.36. The Kier molecular flexibility index (Phi) is 10.9. The van der Waals surface area contributed by atoms with E-state index in [0.29, 0.717) is 24.9 Å². The molecular formula is C17H32NO7P. The summed E-state index contributed by atoms with van der Waals surface area (Å²) in [7, 11) is -2.44. The topological polar surface area (TPSA) is 122 Å². The number of hydrogen-bond acceptors (Lipinski definition) is 6. The van der Waals surface area contributed by atoms with Crippen molar-refractivity contribution in [3.63, 3.8) is 0 Å². The first kappa shape index (κ1) is 22.9. The third-order valence-electron chi connectivity index (χ3n) is 4.51. The van der Waals surface area contributed by atoms with Gasteiger partial charge in [0.15, 0.2) is 8.03 Å². The summed E-state index contributed by atoms with van der Waals surface area (Å²) >= 11 is 0. The predicted octanol–water partition coefficient (Wildman–Crippen LogP) is 2.77. The number of hydrogen-bond donors (Lipinski definition) is 3. The highest BCUT2D eigenvalue weighted by molar-refractivity contribution is 7.38. The molecule has 26 heavy (non-hydrogen) atoms. The molecule has 5 unspecified atom stereocenters. The molecule has 1 aliphatic carbocycles. The zero-order valence-electron chi connectivity index (χ0n) is 15.6. The molecule has 0 radical (unpaired) electrons. The van der Waals surface area contributed by atoms with E-state index in [1.807, 2.05) is 6.92 Å². The lowest BCUT2D eigenvalue weighted by Gasteiger charge is -2.29. The number of ether oxygens (including phenoxy) is 2. The third kappa shape index (κ3) is 10.1. The van der Waals surface area contributed by atoms with Gasteiger partial charge >= 0.3 is 12.1 Å². The minimum absolute atomic E-state index is 0.255. The smallest absolute Gasteiger partial charge is 0.412 e. The molecule has 9 heteroatoms. The summed E-state index contributed by atoms with van der Waals surface area (Å²) in [5.74, 6) is 0.223. The number of carbonyl (C=O) groups is 2. The molecule has 0 saturated heterocycles. The van der Waals surface area contributed by atoms with Crippen molar-refractivity contribution in [2.75, 3.05) is 6.16 Å². The number of amides is 1. The monoisotopic (exact) mass is 393 g/mol. The quantitative estimate of drug-likeness (QED) is 0.296. The van der Waals surface area contributed by atoms with Crippen molar-refractivity contribution in [1.29, 1.82) is 0 Å². The summed E-state index contributed by atoms with van der Waals surface area (Å²) in [6, 6.07) is 0. The van der Waals surface area contributed by atoms with Crippen LogP contribution in [0.15, 0.2) is 0 Å². The average molecular weight is 393 g/mol. The van der Waals surface area contributed by atoms with E-state index in [4.69, 9.17) is 14.4 Å². The van der Waals surface area contributed by atoms with Crippen LogP contribution in [-0.4, -0.2) is 40.7 Å². The molecule has 0 aromatic rings. The van der Waals surface area contributed by atoms with Gasteiger partial charge in [0, 0.05) is 19.5 Å². The highest BCUT2D eigenvalue weighted by Gasteiger charge is 2.24. The van der Waals surface area contributed by atoms with E-state index < -0.39 is 32.6 Å². The first-order valence-corrected chi connectivity index (χ1v) is 10.9. The van der Waals surface area contributed by atoms with E-state index >= 15 is 0 Å². The largest absolute Gasteiger partial charge is 0.425 e. The van der Waals surface area contributed by atoms with Gasteiger partial charge in [-0.2, -0.15) is 0 Å². The maximum atomic E-state index is 11.7. The number of nitrogens with one attached hydrogen (secondary N) is 1. The van der Waals surface area contributed by atoms with Gasteiger partial charge in [-0.25, -0.2) is 4.79 Å². The van der Waals surface area contributed by atoms with Crippen molar-refractivity contribution in [2.24, 2.45) is 11.8 Å². The Hall–Kier alpha value is -1.11. The second-order valence-electron chi connectivity index (χ2n) is 6.95. The number of carbonyl (C=O) groups excluding carboxylic acids is 2. The van der Waals surface area contributed by atoms with Gasteiger partial charge in [0.25, 0.3) is 0 Å². The maximum Gasteiger partial charge on any atom is 0.412 e. The number of rotatable bonds is 10. The Morgan fingerprint density at radius 2 is 1.96 bits per heavy atom. The van der Waals surface area contributed by atoms with Gasteiger partial charge in [-0.1, -0.05) is 19.8 Å². The van der Waals surface area contributed by atoms with Crippen molar-refractivity contribution in [1.82, 2.24) is 5.32 Å². The summed E-state index contributed by atoms with van der Waals surface area (Å²) in [5, 5.41) is 12.3. The van der Waals surface area contributed by atoms with Crippen molar-refractivity contribution in [2.45, 2.75) is 77.7 Å². The zero-order valence-corrected chi connectivity index (χ0v) is 16.6. The summed E-state index contributed by atoms with van der Waals surface area (Å²) in [5.41, 5.74) is 0. The second kappa shape index (κ2) is 12.3. The van der Waals surface area contributed by atoms with E-state index in [9.17, 15) is 19.3 Å². The molecule has 0 aromatic heterocycles. The first-order valence-electron chi connectivity index (χ1n) is 9.36. The SMILES string of the molecule is CCCC(=O)OC(C)OC(=O)NC(O)CCC1CCCC(C[PH](=O)O)C1. The van der Waals surface area contributed by atoms with E-state index in [-0.39, 0.29) is 12.3 Å². The lowest BCUT2D eigenvalue weighted by Crippen LogP contribution is -2.38. The normalized spacial score (nSPS) is 23.5. The van der Waals surface area contributed by atoms with Crippen LogP contribution in [0.1, 0.15) is 65.2 Å². The van der Waals surface area contributed by atoms with E-state index in [0.717, 1.165) is 32.1 Å². The molecule has 1 fully saturated rings. The average Bonchev–Trinajstić information content (AvgIpc) is 2.52. The standard InChI is InChI=1S/C17H32NO7P/c1-3-5-16(20)24-12(2)25-17(21)18-15(19)9-8-13-6-4-7-14(10-13)11-26(22)23/h12-15,19,26H,3-11H2,1-2H3,(H,18,21)(H,22,23). The lowest BCUT2D eigenvalue weighted by atomic mass is 9.80. The van der Waals surface area contributed by atoms with Crippen molar-refractivity contribution in [3.8, 4) is 0 Å². The third-order valence-corrected chi connectivity index (χ3v) is 5.44. The lowest BCUT2D eigenvalue weighted by molar-refractivity contribution is -0.165. The maximum absolute atomic E-state index is 11.7. The van der Waals surface area contributed by atoms with Gasteiger partial charge in [0.1, 0.15) is 6.23 Å². The number of esters is 1. The van der Waals surface area contributed by atoms with Crippen LogP contribution in [0.4, 0.5) is 4.79 Å². The molecule has 8 nitrogen and oxygen atoms in total. The van der Waals surface area contributed by atoms with Crippen LogP contribution in [0.2, 0.25) is 0 Å². The number of aliphatic hydroxyl groups excluding tert-OH is 1. The molecule has 1 aliphatic rings. The Balaban J connectivity index is 2.24. The zero-order chi connectivity index (χ0) is 19.5. The van der Waals surface area contributed by atoms with Gasteiger partial charge in [-0.05, 0) is 43.9 Å². The predicted molar refractivity (Wildman–Crippen MR) is 96.9 cm³/mol. The molecule has 1 rings (SSSR count). The van der Waals surface area contributed by atoms with Crippen molar-refractivity contribution < 1.29 is 33.6 Å². The van der Waals surface area contributed by atoms with Crippen LogP contribution in [0.25, 0.3) is 0 Å². The van der Waals surface area contributed by atoms with Gasteiger partial charge in [-0.3, -0.25) is 14.7 Å². The Morgan fingerprint density at radius 1 is 1.27 bits per heavy atom. The van der Waals surface area contributed by atoms with Gasteiger partial charge in [-0.15, -0.1) is 0 Å². The molecule has 0 spiro atoms. The molecule has 152 valence electrons. The summed E-state index contributed by atoms with van der Waals surface area (Å²) in [6.45, 7) is 3.28. The van der Waals surface area contributed by atoms with Crippen LogP contribution in [0.3, 0.4) is 0 Å². The van der Waals surface area contributed by atoms with Gasteiger partial charge in [0.05, 0.1) is 0 Å². The fraction of sp³-hybridized carbons (Fsp3) is 0.882. The minimum Gasteiger partial charge on any atom is -0.425 e. The highest BCUT2D eigenvalue weighted by Crippen LogP contribution is 2.35. The van der Waals surface area contributed by atoms with Crippen LogP contribution < -0.4 is 5.32 Å². The molecule has 3 N–H and O–H groups in total. The van der Waals surface area contributed by atoms with E-state index in [1.54, 1.807) is 0 Å². The second-order valence-corrected chi connectivity index (χ2v) is 8.14. The van der Waals surface area contributed by atoms with Crippen LogP contribution in [-0.2, 0) is 18.8 Å². The molecule has 5 atom stereocenters. The molecule has 0 heterocycles. The Morgan fingerprint density at radius 3 is 2.62 bits per heavy atom. The number of aliphatic hydroxyl groups is 1. The van der Waals surface area contributed by atoms with E-state index in [1.165, 1.54) is 6.92 Å². The van der Waals surface area contributed by atoms with Crippen LogP contribution in [0.5, 0.6) is 0 Å². The minimum atomic E-state index is -2.44. The Labute approximate surface area is 155 Å². The summed E-state index contributed by atoms with van der Waals surface area (Å²) in [4.78, 5) is 32.1. The fourth-order valence-corrected chi connectivity index (χ4v) is 4.22. The van der Waals surface area contributed by atoms with Crippen molar-refractivity contribution >= 4 is 20.1 Å². The molecule has 0 bridgehead atoms. The van der Waals surface area contributed by atoms with Gasteiger partial charge < -0.3 is 19.5 Å². The van der Waals surface area contributed by atoms with Crippen LogP contribution in [0, 0.1) is 11.8 Å². The highest BCUT2D eigenvalue weighted by atomic mass is 31.1. The summed E-state index contributed by atoms with van der Waals surface area (Å²) in [6.07, 6.45) is 3.42. The molecule has 0 aromatic carbocycles. The summed E-state index contributed by atoms with van der Waals surface area (Å²) < 4.78 is 20.8. The molecule has 1 amide bonds. The van der Waals surface area contributed by atoms with Crippen LogP contribution >= 0.6 is 8.03 Å². The molecule has 1 saturated carbocycles. The Bertz CT molecular complexity index is 474. The number of alkyl carbamates (subject to hydrolysis) is 1. The molecule has 0 aliphatic heterocycles. The molecular weight excluding hydrogens is 361 g/mol. The van der Waals surface area contributed by atoms with Crippen molar-refractivity contribution in [3.05, 3.63) is 0 Å². The first-order chi connectivity index (χ1) is 12.3. The van der Waals surface area contributed by atoms with E-state index in [2.05, 4.69) is 5.32 Å².